The molecule has 0 aromatic carbocycles. The number of aryl methyl sites for hydroxylation is 1. The van der Waals surface area contributed by atoms with Crippen LogP contribution in [0.5, 0.6) is 0 Å². The first kappa shape index (κ1) is 14.0. The summed E-state index contributed by atoms with van der Waals surface area (Å²) in [7, 11) is 0. The number of alkyl halides is 1. The largest absolute Gasteiger partial charge is 0.335 e. The number of carbonyl (C=O) groups is 1. The van der Waals surface area contributed by atoms with Crippen LogP contribution in [0.15, 0.2) is 11.4 Å². The van der Waals surface area contributed by atoms with Crippen LogP contribution in [0.2, 0.25) is 0 Å². The van der Waals surface area contributed by atoms with Crippen LogP contribution in [-0.4, -0.2) is 53.8 Å². The third-order valence-electron chi connectivity index (χ3n) is 3.38. The van der Waals surface area contributed by atoms with Crippen LogP contribution in [-0.2, 0) is 6.42 Å². The van der Waals surface area contributed by atoms with Crippen molar-refractivity contribution in [2.75, 3.05) is 38.1 Å². The summed E-state index contributed by atoms with van der Waals surface area (Å²) in [6.45, 7) is 6.86. The smallest absolute Gasteiger partial charge is 0.264 e. The average Bonchev–Trinajstić information content (AvgIpc) is 2.87. The number of carbonyl (C=O) groups excluding carboxylic acids is 1. The van der Waals surface area contributed by atoms with Crippen molar-refractivity contribution in [2.24, 2.45) is 0 Å². The van der Waals surface area contributed by atoms with Crippen LogP contribution in [0.25, 0.3) is 0 Å². The Morgan fingerprint density at radius 1 is 1.39 bits per heavy atom. The molecule has 0 N–H and O–H groups in total. The van der Waals surface area contributed by atoms with Crippen LogP contribution < -0.4 is 0 Å². The Bertz CT molecular complexity index is 399. The van der Waals surface area contributed by atoms with Gasteiger partial charge >= 0.3 is 0 Å². The molecular formula is C13H19BrN2OS. The zero-order valence-electron chi connectivity index (χ0n) is 10.7. The van der Waals surface area contributed by atoms with Crippen molar-refractivity contribution in [3.63, 3.8) is 0 Å². The van der Waals surface area contributed by atoms with E-state index in [0.717, 1.165) is 49.4 Å². The first-order valence-corrected chi connectivity index (χ1v) is 8.40. The van der Waals surface area contributed by atoms with Crippen LogP contribution in [0.1, 0.15) is 22.2 Å². The van der Waals surface area contributed by atoms with Gasteiger partial charge in [0.15, 0.2) is 0 Å². The molecule has 0 saturated carbocycles. The highest BCUT2D eigenvalue weighted by molar-refractivity contribution is 9.09. The van der Waals surface area contributed by atoms with Gasteiger partial charge in [0, 0.05) is 38.1 Å². The van der Waals surface area contributed by atoms with E-state index in [9.17, 15) is 4.79 Å². The molecule has 5 heteroatoms. The van der Waals surface area contributed by atoms with Crippen LogP contribution in [0, 0.1) is 0 Å². The quantitative estimate of drug-likeness (QED) is 0.792. The van der Waals surface area contributed by atoms with E-state index in [1.807, 2.05) is 10.3 Å². The second-order valence-corrected chi connectivity index (χ2v) is 6.16. The minimum absolute atomic E-state index is 0.223. The van der Waals surface area contributed by atoms with Crippen LogP contribution in [0.4, 0.5) is 0 Å². The molecule has 0 aliphatic carbocycles. The highest BCUT2D eigenvalue weighted by Gasteiger charge is 2.23. The van der Waals surface area contributed by atoms with E-state index >= 15 is 0 Å². The van der Waals surface area contributed by atoms with Gasteiger partial charge in [0.1, 0.15) is 0 Å². The zero-order chi connectivity index (χ0) is 13.0. The van der Waals surface area contributed by atoms with Crippen molar-refractivity contribution in [1.82, 2.24) is 9.80 Å². The minimum Gasteiger partial charge on any atom is -0.335 e. The molecule has 18 heavy (non-hydrogen) atoms. The van der Waals surface area contributed by atoms with Crippen molar-refractivity contribution < 1.29 is 4.79 Å². The lowest BCUT2D eigenvalue weighted by atomic mass is 10.2. The average molecular weight is 331 g/mol. The van der Waals surface area contributed by atoms with E-state index in [2.05, 4.69) is 33.8 Å². The predicted octanol–water partition coefficient (Wildman–Crippen LogP) is 2.46. The predicted molar refractivity (Wildman–Crippen MR) is 79.8 cm³/mol. The summed E-state index contributed by atoms with van der Waals surface area (Å²) < 4.78 is 0. The lowest BCUT2D eigenvalue weighted by molar-refractivity contribution is 0.0649. The Hall–Kier alpha value is -0.390. The molecule has 0 spiro atoms. The number of thiophene rings is 1. The maximum absolute atomic E-state index is 12.4. The molecule has 2 rings (SSSR count). The van der Waals surface area contributed by atoms with Gasteiger partial charge in [0.05, 0.1) is 4.88 Å². The van der Waals surface area contributed by atoms with Crippen molar-refractivity contribution >= 4 is 33.2 Å². The molecule has 0 radical (unpaired) electrons. The second kappa shape index (κ2) is 6.68. The Morgan fingerprint density at radius 3 is 2.72 bits per heavy atom. The number of piperazine rings is 1. The number of hydrogen-bond acceptors (Lipinski definition) is 3. The topological polar surface area (TPSA) is 23.6 Å². The van der Waals surface area contributed by atoms with E-state index < -0.39 is 0 Å². The first-order chi connectivity index (χ1) is 8.76. The SMILES string of the molecule is CCc1ccsc1C(=O)N1CCN(CCBr)CC1. The monoisotopic (exact) mass is 330 g/mol. The summed E-state index contributed by atoms with van der Waals surface area (Å²) in [6, 6.07) is 2.07. The maximum Gasteiger partial charge on any atom is 0.264 e. The molecule has 1 amide bonds. The molecule has 1 aromatic heterocycles. The number of hydrogen-bond donors (Lipinski definition) is 0. The van der Waals surface area contributed by atoms with Gasteiger partial charge in [0.2, 0.25) is 0 Å². The Balaban J connectivity index is 1.95. The molecule has 3 nitrogen and oxygen atoms in total. The van der Waals surface area contributed by atoms with Gasteiger partial charge in [-0.1, -0.05) is 22.9 Å². The molecule has 0 unspecified atom stereocenters. The molecule has 0 atom stereocenters. The number of halogens is 1. The Morgan fingerprint density at radius 2 is 2.11 bits per heavy atom. The fraction of sp³-hybridized carbons (Fsp3) is 0.615. The molecule has 1 aliphatic rings. The lowest BCUT2D eigenvalue weighted by Crippen LogP contribution is -2.49. The van der Waals surface area contributed by atoms with Gasteiger partial charge in [-0.05, 0) is 23.4 Å². The number of amides is 1. The van der Waals surface area contributed by atoms with E-state index in [4.69, 9.17) is 0 Å². The molecule has 0 bridgehead atoms. The number of rotatable bonds is 4. The van der Waals surface area contributed by atoms with Gasteiger partial charge in [-0.15, -0.1) is 11.3 Å². The Labute approximate surface area is 121 Å². The van der Waals surface area contributed by atoms with Crippen molar-refractivity contribution in [2.45, 2.75) is 13.3 Å². The minimum atomic E-state index is 0.223. The maximum atomic E-state index is 12.4. The highest BCUT2D eigenvalue weighted by atomic mass is 79.9. The first-order valence-electron chi connectivity index (χ1n) is 6.40. The summed E-state index contributed by atoms with van der Waals surface area (Å²) in [5.74, 6) is 0.223. The van der Waals surface area contributed by atoms with E-state index in [1.165, 1.54) is 5.56 Å². The normalized spacial score (nSPS) is 17.1. The van der Waals surface area contributed by atoms with Gasteiger partial charge in [0.25, 0.3) is 5.91 Å². The molecule has 1 aromatic rings. The molecule has 1 saturated heterocycles. The van der Waals surface area contributed by atoms with Gasteiger partial charge in [-0.25, -0.2) is 0 Å². The van der Waals surface area contributed by atoms with Crippen molar-refractivity contribution in [3.05, 3.63) is 21.9 Å². The Kier molecular flexibility index (Phi) is 5.21. The summed E-state index contributed by atoms with van der Waals surface area (Å²) in [6.07, 6.45) is 0.939. The molecule has 1 aliphatic heterocycles. The highest BCUT2D eigenvalue weighted by Crippen LogP contribution is 2.20. The standard InChI is InChI=1S/C13H19BrN2OS/c1-2-11-3-10-18-12(11)13(17)16-8-6-15(5-4-14)7-9-16/h3,10H,2,4-9H2,1H3. The van der Waals surface area contributed by atoms with Crippen LogP contribution >= 0.6 is 27.3 Å². The summed E-state index contributed by atoms with van der Waals surface area (Å²) >= 11 is 5.03. The molecule has 1 fully saturated rings. The molecular weight excluding hydrogens is 312 g/mol. The second-order valence-electron chi connectivity index (χ2n) is 4.45. The summed E-state index contributed by atoms with van der Waals surface area (Å²) in [5.41, 5.74) is 1.19. The molecule has 2 heterocycles. The summed E-state index contributed by atoms with van der Waals surface area (Å²) in [4.78, 5) is 17.7. The summed E-state index contributed by atoms with van der Waals surface area (Å²) in [5, 5.41) is 3.03. The third kappa shape index (κ3) is 3.13. The fourth-order valence-corrected chi connectivity index (χ4v) is 3.70. The lowest BCUT2D eigenvalue weighted by Gasteiger charge is -2.34. The van der Waals surface area contributed by atoms with Crippen LogP contribution in [0.3, 0.4) is 0 Å². The van der Waals surface area contributed by atoms with Gasteiger partial charge in [-0.2, -0.15) is 0 Å². The fourth-order valence-electron chi connectivity index (χ4n) is 2.24. The van der Waals surface area contributed by atoms with Gasteiger partial charge < -0.3 is 4.90 Å². The van der Waals surface area contributed by atoms with Crippen molar-refractivity contribution in [1.29, 1.82) is 0 Å². The molecule has 100 valence electrons. The van der Waals surface area contributed by atoms with E-state index in [0.29, 0.717) is 0 Å². The third-order valence-corrected chi connectivity index (χ3v) is 4.68. The zero-order valence-corrected chi connectivity index (χ0v) is 13.1. The van der Waals surface area contributed by atoms with E-state index in [-0.39, 0.29) is 5.91 Å². The van der Waals surface area contributed by atoms with Gasteiger partial charge in [-0.3, -0.25) is 9.69 Å². The number of nitrogens with zero attached hydrogens (tertiary/aromatic N) is 2. The van der Waals surface area contributed by atoms with Crippen molar-refractivity contribution in [3.8, 4) is 0 Å². The van der Waals surface area contributed by atoms with E-state index in [1.54, 1.807) is 11.3 Å².